The highest BCUT2D eigenvalue weighted by molar-refractivity contribution is 5.93. The van der Waals surface area contributed by atoms with Crippen molar-refractivity contribution in [2.24, 2.45) is 0 Å². The van der Waals surface area contributed by atoms with Crippen molar-refractivity contribution in [3.63, 3.8) is 0 Å². The Morgan fingerprint density at radius 1 is 1.06 bits per heavy atom. The van der Waals surface area contributed by atoms with Crippen molar-refractivity contribution in [2.45, 2.75) is 26.8 Å². The molecule has 0 aliphatic rings. The smallest absolute Gasteiger partial charge is 0.246 e. The number of hydrogen-bond donors (Lipinski definition) is 1. The SMILES string of the molecule is COc1ccc(-n2cc(-c3ccccc3)nc2NC(=O)CN(C(C)=O)C(C)C)cc1OC. The molecule has 1 aromatic heterocycles. The molecule has 8 heteroatoms. The number of ether oxygens (including phenoxy) is 2. The lowest BCUT2D eigenvalue weighted by molar-refractivity contribution is -0.134. The lowest BCUT2D eigenvalue weighted by atomic mass is 10.2. The summed E-state index contributed by atoms with van der Waals surface area (Å²) in [5.41, 5.74) is 2.35. The first-order valence-electron chi connectivity index (χ1n) is 10.3. The Kier molecular flexibility index (Phi) is 7.14. The van der Waals surface area contributed by atoms with Crippen molar-refractivity contribution >= 4 is 17.8 Å². The summed E-state index contributed by atoms with van der Waals surface area (Å²) in [6.07, 6.45) is 1.84. The molecular formula is C24H28N4O4. The van der Waals surface area contributed by atoms with E-state index in [2.05, 4.69) is 10.3 Å². The number of nitrogens with one attached hydrogen (secondary N) is 1. The van der Waals surface area contributed by atoms with E-state index in [-0.39, 0.29) is 24.4 Å². The maximum atomic E-state index is 12.8. The number of carbonyl (C=O) groups is 2. The molecule has 1 N–H and O–H groups in total. The van der Waals surface area contributed by atoms with E-state index >= 15 is 0 Å². The van der Waals surface area contributed by atoms with Gasteiger partial charge in [0, 0.05) is 30.8 Å². The van der Waals surface area contributed by atoms with Gasteiger partial charge in [0.25, 0.3) is 0 Å². The van der Waals surface area contributed by atoms with Crippen LogP contribution in [0.4, 0.5) is 5.95 Å². The van der Waals surface area contributed by atoms with Gasteiger partial charge in [0.15, 0.2) is 11.5 Å². The van der Waals surface area contributed by atoms with Crippen LogP contribution in [0.25, 0.3) is 16.9 Å². The molecule has 0 atom stereocenters. The summed E-state index contributed by atoms with van der Waals surface area (Å²) < 4.78 is 12.5. The van der Waals surface area contributed by atoms with E-state index in [4.69, 9.17) is 9.47 Å². The van der Waals surface area contributed by atoms with Gasteiger partial charge >= 0.3 is 0 Å². The van der Waals surface area contributed by atoms with Crippen LogP contribution in [0.1, 0.15) is 20.8 Å². The Bertz CT molecular complexity index is 1090. The minimum absolute atomic E-state index is 0.0630. The Hall–Kier alpha value is -3.81. The average Bonchev–Trinajstić information content (AvgIpc) is 3.20. The molecule has 0 saturated carbocycles. The zero-order valence-electron chi connectivity index (χ0n) is 19.0. The quantitative estimate of drug-likeness (QED) is 0.581. The van der Waals surface area contributed by atoms with E-state index < -0.39 is 0 Å². The van der Waals surface area contributed by atoms with Crippen molar-refractivity contribution in [3.05, 3.63) is 54.7 Å². The summed E-state index contributed by atoms with van der Waals surface area (Å²) in [6, 6.07) is 15.0. The normalized spacial score (nSPS) is 10.7. The summed E-state index contributed by atoms with van der Waals surface area (Å²) in [5, 5.41) is 2.85. The van der Waals surface area contributed by atoms with E-state index in [9.17, 15) is 9.59 Å². The van der Waals surface area contributed by atoms with Gasteiger partial charge in [-0.05, 0) is 26.0 Å². The van der Waals surface area contributed by atoms with Crippen LogP contribution < -0.4 is 14.8 Å². The lowest BCUT2D eigenvalue weighted by Gasteiger charge is -2.24. The van der Waals surface area contributed by atoms with Crippen LogP contribution in [0.15, 0.2) is 54.7 Å². The highest BCUT2D eigenvalue weighted by Crippen LogP contribution is 2.31. The number of rotatable bonds is 8. The fraction of sp³-hybridized carbons (Fsp3) is 0.292. The molecule has 0 spiro atoms. The minimum Gasteiger partial charge on any atom is -0.493 e. The zero-order valence-corrected chi connectivity index (χ0v) is 19.0. The van der Waals surface area contributed by atoms with Crippen LogP contribution in [-0.2, 0) is 9.59 Å². The zero-order chi connectivity index (χ0) is 23.3. The first-order valence-corrected chi connectivity index (χ1v) is 10.3. The van der Waals surface area contributed by atoms with Gasteiger partial charge in [0.1, 0.15) is 6.54 Å². The topological polar surface area (TPSA) is 85.7 Å². The second-order valence-corrected chi connectivity index (χ2v) is 7.51. The van der Waals surface area contributed by atoms with Crippen LogP contribution in [0, 0.1) is 0 Å². The number of benzene rings is 2. The van der Waals surface area contributed by atoms with Crippen LogP contribution in [0.3, 0.4) is 0 Å². The molecule has 32 heavy (non-hydrogen) atoms. The monoisotopic (exact) mass is 436 g/mol. The molecule has 8 nitrogen and oxygen atoms in total. The molecule has 3 rings (SSSR count). The van der Waals surface area contributed by atoms with Crippen LogP contribution >= 0.6 is 0 Å². The second-order valence-electron chi connectivity index (χ2n) is 7.51. The highest BCUT2D eigenvalue weighted by atomic mass is 16.5. The van der Waals surface area contributed by atoms with Gasteiger partial charge in [-0.3, -0.25) is 19.5 Å². The van der Waals surface area contributed by atoms with Crippen molar-refractivity contribution in [1.29, 1.82) is 0 Å². The number of nitrogens with zero attached hydrogens (tertiary/aromatic N) is 3. The summed E-state index contributed by atoms with van der Waals surface area (Å²) >= 11 is 0. The van der Waals surface area contributed by atoms with E-state index in [0.717, 1.165) is 11.3 Å². The van der Waals surface area contributed by atoms with Gasteiger partial charge in [0.2, 0.25) is 17.8 Å². The maximum absolute atomic E-state index is 12.8. The van der Waals surface area contributed by atoms with E-state index in [1.165, 1.54) is 11.8 Å². The molecule has 2 aromatic carbocycles. The van der Waals surface area contributed by atoms with Crippen LogP contribution in [0.5, 0.6) is 11.5 Å². The first kappa shape index (κ1) is 22.9. The molecule has 1 heterocycles. The fourth-order valence-electron chi connectivity index (χ4n) is 3.36. The molecule has 0 saturated heterocycles. The summed E-state index contributed by atoms with van der Waals surface area (Å²) in [5.74, 6) is 0.997. The number of imidazole rings is 1. The number of amides is 2. The van der Waals surface area contributed by atoms with E-state index in [0.29, 0.717) is 23.1 Å². The molecular weight excluding hydrogens is 408 g/mol. The summed E-state index contributed by atoms with van der Waals surface area (Å²) in [6.45, 7) is 5.12. The number of carbonyl (C=O) groups excluding carboxylic acids is 2. The number of methoxy groups -OCH3 is 2. The predicted molar refractivity (Wildman–Crippen MR) is 123 cm³/mol. The Balaban J connectivity index is 2.00. The Morgan fingerprint density at radius 2 is 1.75 bits per heavy atom. The molecule has 168 valence electrons. The number of aromatic nitrogens is 2. The van der Waals surface area contributed by atoms with Crippen molar-refractivity contribution < 1.29 is 19.1 Å². The summed E-state index contributed by atoms with van der Waals surface area (Å²) in [7, 11) is 3.14. The molecule has 0 bridgehead atoms. The van der Waals surface area contributed by atoms with Crippen LogP contribution in [-0.4, -0.2) is 53.1 Å². The van der Waals surface area contributed by atoms with Gasteiger partial charge in [0.05, 0.1) is 25.6 Å². The van der Waals surface area contributed by atoms with E-state index in [1.807, 2.05) is 56.4 Å². The largest absolute Gasteiger partial charge is 0.493 e. The van der Waals surface area contributed by atoms with E-state index in [1.54, 1.807) is 30.9 Å². The molecule has 2 amide bonds. The van der Waals surface area contributed by atoms with Gasteiger partial charge in [-0.15, -0.1) is 0 Å². The highest BCUT2D eigenvalue weighted by Gasteiger charge is 2.20. The van der Waals surface area contributed by atoms with Crippen molar-refractivity contribution in [2.75, 3.05) is 26.1 Å². The second kappa shape index (κ2) is 10.00. The predicted octanol–water partition coefficient (Wildman–Crippen LogP) is 3.75. The minimum atomic E-state index is -0.333. The number of anilines is 1. The molecule has 0 fully saturated rings. The molecule has 0 radical (unpaired) electrons. The standard InChI is InChI=1S/C24H28N4O4/c1-16(2)27(17(3)29)15-23(30)26-24-25-20(18-9-7-6-8-10-18)14-28(24)19-11-12-21(31-4)22(13-19)32-5/h6-14,16H,15H2,1-5H3,(H,25,26,30). The Labute approximate surface area is 187 Å². The first-order chi connectivity index (χ1) is 15.3. The summed E-state index contributed by atoms with van der Waals surface area (Å²) in [4.78, 5) is 30.8. The Morgan fingerprint density at radius 3 is 2.34 bits per heavy atom. The third-order valence-corrected chi connectivity index (χ3v) is 5.01. The maximum Gasteiger partial charge on any atom is 0.246 e. The number of hydrogen-bond acceptors (Lipinski definition) is 5. The lowest BCUT2D eigenvalue weighted by Crippen LogP contribution is -2.41. The average molecular weight is 437 g/mol. The van der Waals surface area contributed by atoms with Gasteiger partial charge in [-0.1, -0.05) is 30.3 Å². The van der Waals surface area contributed by atoms with Gasteiger partial charge in [-0.25, -0.2) is 4.98 Å². The molecule has 0 aliphatic heterocycles. The molecule has 3 aromatic rings. The molecule has 0 unspecified atom stereocenters. The third-order valence-electron chi connectivity index (χ3n) is 5.01. The van der Waals surface area contributed by atoms with Crippen LogP contribution in [0.2, 0.25) is 0 Å². The van der Waals surface area contributed by atoms with Gasteiger partial charge in [-0.2, -0.15) is 0 Å². The third kappa shape index (κ3) is 5.08. The van der Waals surface area contributed by atoms with Gasteiger partial charge < -0.3 is 14.4 Å². The van der Waals surface area contributed by atoms with Crippen molar-refractivity contribution in [3.8, 4) is 28.4 Å². The molecule has 0 aliphatic carbocycles. The van der Waals surface area contributed by atoms with Crippen molar-refractivity contribution in [1.82, 2.24) is 14.5 Å². The fourth-order valence-corrected chi connectivity index (χ4v) is 3.36.